The highest BCUT2D eigenvalue weighted by molar-refractivity contribution is 9.10. The lowest BCUT2D eigenvalue weighted by Crippen LogP contribution is -2.19. The molecule has 0 aliphatic rings. The molecule has 20 heavy (non-hydrogen) atoms. The van der Waals surface area contributed by atoms with Gasteiger partial charge in [-0.2, -0.15) is 0 Å². The molecule has 0 spiro atoms. The monoisotopic (exact) mass is 331 g/mol. The fourth-order valence-corrected chi connectivity index (χ4v) is 2.49. The molecule has 0 saturated carbocycles. The second-order valence-electron chi connectivity index (χ2n) is 4.97. The maximum Gasteiger partial charge on any atom is 0.231 e. The number of anilines is 1. The number of nitrogens with one attached hydrogen (secondary N) is 1. The Kier molecular flexibility index (Phi) is 4.61. The minimum Gasteiger partial charge on any atom is -0.325 e. The van der Waals surface area contributed by atoms with Gasteiger partial charge in [-0.1, -0.05) is 46.3 Å². The first-order valence-corrected chi connectivity index (χ1v) is 7.41. The maximum atomic E-state index is 12.3. The number of benzene rings is 2. The van der Waals surface area contributed by atoms with E-state index in [0.717, 1.165) is 26.9 Å². The van der Waals surface area contributed by atoms with Gasteiger partial charge in [-0.25, -0.2) is 0 Å². The first-order valence-electron chi connectivity index (χ1n) is 6.62. The average Bonchev–Trinajstić information content (AvgIpc) is 2.48. The van der Waals surface area contributed by atoms with Crippen molar-refractivity contribution in [1.82, 2.24) is 0 Å². The van der Waals surface area contributed by atoms with Crippen molar-refractivity contribution in [2.24, 2.45) is 0 Å². The number of carbonyl (C=O) groups excluding carboxylic acids is 1. The molecule has 2 aromatic carbocycles. The first-order chi connectivity index (χ1) is 9.50. The third kappa shape index (κ3) is 3.10. The van der Waals surface area contributed by atoms with Gasteiger partial charge in [-0.3, -0.25) is 4.79 Å². The standard InChI is InChI=1S/C17H18BrNO/c1-11-12(2)16(10-9-15(11)18)19-17(20)13(3)14-7-5-4-6-8-14/h4-10,13H,1-3H3,(H,19,20)/t13-/m1/s1. The predicted molar refractivity (Wildman–Crippen MR) is 87.1 cm³/mol. The Balaban J connectivity index is 2.18. The topological polar surface area (TPSA) is 29.1 Å². The first kappa shape index (κ1) is 14.8. The van der Waals surface area contributed by atoms with E-state index in [9.17, 15) is 4.79 Å². The average molecular weight is 332 g/mol. The summed E-state index contributed by atoms with van der Waals surface area (Å²) in [5.74, 6) is -0.152. The molecule has 0 radical (unpaired) electrons. The zero-order valence-electron chi connectivity index (χ0n) is 11.9. The molecule has 0 aromatic heterocycles. The number of amides is 1. The van der Waals surface area contributed by atoms with Crippen LogP contribution in [-0.2, 0) is 4.79 Å². The van der Waals surface area contributed by atoms with E-state index in [1.807, 2.05) is 63.2 Å². The summed E-state index contributed by atoms with van der Waals surface area (Å²) >= 11 is 3.50. The summed E-state index contributed by atoms with van der Waals surface area (Å²) in [6.45, 7) is 5.98. The zero-order chi connectivity index (χ0) is 14.7. The van der Waals surface area contributed by atoms with Gasteiger partial charge in [-0.15, -0.1) is 0 Å². The Bertz CT molecular complexity index is 622. The van der Waals surface area contributed by atoms with Gasteiger partial charge in [0.1, 0.15) is 0 Å². The number of rotatable bonds is 3. The summed E-state index contributed by atoms with van der Waals surface area (Å²) in [7, 11) is 0. The molecule has 0 unspecified atom stereocenters. The smallest absolute Gasteiger partial charge is 0.231 e. The summed E-state index contributed by atoms with van der Waals surface area (Å²) in [6, 6.07) is 13.7. The summed E-state index contributed by atoms with van der Waals surface area (Å²) in [5, 5.41) is 3.02. The van der Waals surface area contributed by atoms with Gasteiger partial charge < -0.3 is 5.32 Å². The lowest BCUT2D eigenvalue weighted by molar-refractivity contribution is -0.117. The van der Waals surface area contributed by atoms with Crippen LogP contribution >= 0.6 is 15.9 Å². The SMILES string of the molecule is Cc1c(Br)ccc(NC(=O)[C@H](C)c2ccccc2)c1C. The van der Waals surface area contributed by atoms with Crippen molar-refractivity contribution >= 4 is 27.5 Å². The highest BCUT2D eigenvalue weighted by Crippen LogP contribution is 2.27. The minimum absolute atomic E-state index is 0.0148. The molecular weight excluding hydrogens is 314 g/mol. The fourth-order valence-electron chi connectivity index (χ4n) is 2.06. The van der Waals surface area contributed by atoms with Crippen LogP contribution in [0.25, 0.3) is 0 Å². The Morgan fingerprint density at radius 2 is 1.70 bits per heavy atom. The third-order valence-corrected chi connectivity index (χ3v) is 4.53. The molecule has 1 amide bonds. The normalized spacial score (nSPS) is 12.0. The van der Waals surface area contributed by atoms with Crippen molar-refractivity contribution in [2.75, 3.05) is 5.32 Å². The zero-order valence-corrected chi connectivity index (χ0v) is 13.5. The Morgan fingerprint density at radius 1 is 1.05 bits per heavy atom. The summed E-state index contributed by atoms with van der Waals surface area (Å²) in [6.07, 6.45) is 0. The maximum absolute atomic E-state index is 12.3. The van der Waals surface area contributed by atoms with E-state index in [2.05, 4.69) is 21.2 Å². The van der Waals surface area contributed by atoms with Gasteiger partial charge in [0.05, 0.1) is 5.92 Å². The lowest BCUT2D eigenvalue weighted by Gasteiger charge is -2.15. The highest BCUT2D eigenvalue weighted by Gasteiger charge is 2.16. The molecule has 0 heterocycles. The summed E-state index contributed by atoms with van der Waals surface area (Å²) < 4.78 is 1.06. The lowest BCUT2D eigenvalue weighted by atomic mass is 10.00. The molecule has 2 aromatic rings. The molecule has 3 heteroatoms. The van der Waals surface area contributed by atoms with Gasteiger partial charge in [0.2, 0.25) is 5.91 Å². The van der Waals surface area contributed by atoms with E-state index in [0.29, 0.717) is 0 Å². The highest BCUT2D eigenvalue weighted by atomic mass is 79.9. The fraction of sp³-hybridized carbons (Fsp3) is 0.235. The van der Waals surface area contributed by atoms with Crippen molar-refractivity contribution < 1.29 is 4.79 Å². The Hall–Kier alpha value is -1.61. The van der Waals surface area contributed by atoms with Gasteiger partial charge in [0.15, 0.2) is 0 Å². The number of carbonyl (C=O) groups is 1. The van der Waals surface area contributed by atoms with Crippen molar-refractivity contribution in [2.45, 2.75) is 26.7 Å². The van der Waals surface area contributed by atoms with Crippen molar-refractivity contribution in [3.8, 4) is 0 Å². The molecule has 1 atom stereocenters. The molecule has 104 valence electrons. The van der Waals surface area contributed by atoms with E-state index in [4.69, 9.17) is 0 Å². The second kappa shape index (κ2) is 6.23. The van der Waals surface area contributed by atoms with Crippen LogP contribution in [0.5, 0.6) is 0 Å². The molecule has 0 aliphatic heterocycles. The molecule has 0 fully saturated rings. The summed E-state index contributed by atoms with van der Waals surface area (Å²) in [4.78, 5) is 12.3. The van der Waals surface area contributed by atoms with E-state index >= 15 is 0 Å². The quantitative estimate of drug-likeness (QED) is 0.859. The van der Waals surface area contributed by atoms with Crippen LogP contribution in [0.15, 0.2) is 46.9 Å². The van der Waals surface area contributed by atoms with Gasteiger partial charge in [0.25, 0.3) is 0 Å². The van der Waals surface area contributed by atoms with Crippen molar-refractivity contribution in [1.29, 1.82) is 0 Å². The van der Waals surface area contributed by atoms with Gasteiger partial charge >= 0.3 is 0 Å². The Morgan fingerprint density at radius 3 is 2.35 bits per heavy atom. The van der Waals surface area contributed by atoms with Gasteiger partial charge in [0, 0.05) is 10.2 Å². The number of hydrogen-bond donors (Lipinski definition) is 1. The van der Waals surface area contributed by atoms with Crippen LogP contribution in [0.2, 0.25) is 0 Å². The largest absolute Gasteiger partial charge is 0.325 e. The minimum atomic E-state index is -0.167. The van der Waals surface area contributed by atoms with Crippen LogP contribution in [0.3, 0.4) is 0 Å². The molecule has 1 N–H and O–H groups in total. The number of halogens is 1. The second-order valence-corrected chi connectivity index (χ2v) is 5.82. The molecule has 0 saturated heterocycles. The van der Waals surface area contributed by atoms with Crippen LogP contribution < -0.4 is 5.32 Å². The van der Waals surface area contributed by atoms with E-state index < -0.39 is 0 Å². The third-order valence-electron chi connectivity index (χ3n) is 3.67. The van der Waals surface area contributed by atoms with Crippen molar-refractivity contribution in [3.63, 3.8) is 0 Å². The van der Waals surface area contributed by atoms with E-state index in [1.165, 1.54) is 0 Å². The van der Waals surface area contributed by atoms with Crippen molar-refractivity contribution in [3.05, 3.63) is 63.6 Å². The van der Waals surface area contributed by atoms with Crippen LogP contribution in [0.4, 0.5) is 5.69 Å². The molecule has 0 aliphatic carbocycles. The Labute approximate surface area is 128 Å². The molecule has 0 bridgehead atoms. The molecular formula is C17H18BrNO. The van der Waals surface area contributed by atoms with Crippen LogP contribution in [0.1, 0.15) is 29.5 Å². The van der Waals surface area contributed by atoms with Gasteiger partial charge in [-0.05, 0) is 49.6 Å². The number of hydrogen-bond acceptors (Lipinski definition) is 1. The predicted octanol–water partition coefficient (Wildman–Crippen LogP) is 4.81. The van der Waals surface area contributed by atoms with Crippen LogP contribution in [0, 0.1) is 13.8 Å². The van der Waals surface area contributed by atoms with E-state index in [-0.39, 0.29) is 11.8 Å². The molecule has 2 nitrogen and oxygen atoms in total. The summed E-state index contributed by atoms with van der Waals surface area (Å²) in [5.41, 5.74) is 4.14. The molecule has 2 rings (SSSR count). The van der Waals surface area contributed by atoms with Crippen LogP contribution in [-0.4, -0.2) is 5.91 Å². The van der Waals surface area contributed by atoms with E-state index in [1.54, 1.807) is 0 Å².